The molecule has 0 aromatic carbocycles. The molecule has 88 valence electrons. The summed E-state index contributed by atoms with van der Waals surface area (Å²) in [6.07, 6.45) is 6.91. The third-order valence-electron chi connectivity index (χ3n) is 3.36. The predicted octanol–water partition coefficient (Wildman–Crippen LogP) is 2.13. The topological polar surface area (TPSA) is 36.4 Å². The summed E-state index contributed by atoms with van der Waals surface area (Å²) in [4.78, 5) is 6.74. The van der Waals surface area contributed by atoms with Gasteiger partial charge in [-0.3, -0.25) is 0 Å². The van der Waals surface area contributed by atoms with E-state index in [1.54, 1.807) is 0 Å². The van der Waals surface area contributed by atoms with Gasteiger partial charge >= 0.3 is 0 Å². The van der Waals surface area contributed by atoms with Crippen LogP contribution in [0.5, 0.6) is 0 Å². The van der Waals surface area contributed by atoms with Gasteiger partial charge in [0.15, 0.2) is 0 Å². The third kappa shape index (κ3) is 2.35. The van der Waals surface area contributed by atoms with Gasteiger partial charge in [0.2, 0.25) is 0 Å². The lowest BCUT2D eigenvalue weighted by atomic mass is 10.2. The van der Waals surface area contributed by atoms with E-state index in [-0.39, 0.29) is 6.61 Å². The highest BCUT2D eigenvalue weighted by molar-refractivity contribution is 5.47. The Balaban J connectivity index is 2.21. The summed E-state index contributed by atoms with van der Waals surface area (Å²) < 4.78 is 0. The van der Waals surface area contributed by atoms with Gasteiger partial charge in [0.25, 0.3) is 0 Å². The van der Waals surface area contributed by atoms with Crippen LogP contribution in [0.25, 0.3) is 0 Å². The maximum absolute atomic E-state index is 9.18. The fourth-order valence-corrected chi connectivity index (χ4v) is 2.56. The zero-order chi connectivity index (χ0) is 11.4. The number of anilines is 1. The Kier molecular flexibility index (Phi) is 3.78. The van der Waals surface area contributed by atoms with Crippen molar-refractivity contribution in [2.45, 2.75) is 38.6 Å². The van der Waals surface area contributed by atoms with Crippen molar-refractivity contribution in [3.63, 3.8) is 0 Å². The summed E-state index contributed by atoms with van der Waals surface area (Å²) in [5.74, 6) is 1.04. The molecule has 0 unspecified atom stereocenters. The lowest BCUT2D eigenvalue weighted by molar-refractivity contribution is 0.296. The molecule has 0 saturated heterocycles. The largest absolute Gasteiger partial charge is 0.395 e. The molecule has 1 aromatic heterocycles. The number of rotatable bonds is 4. The average molecular weight is 220 g/mol. The first kappa shape index (κ1) is 11.4. The van der Waals surface area contributed by atoms with Crippen molar-refractivity contribution >= 4 is 5.82 Å². The SMILES string of the molecule is Cc1cccnc1N(CCO)C1CCCC1. The van der Waals surface area contributed by atoms with Crippen molar-refractivity contribution in [3.8, 4) is 0 Å². The summed E-state index contributed by atoms with van der Waals surface area (Å²) >= 11 is 0. The first-order valence-corrected chi connectivity index (χ1v) is 6.12. The maximum atomic E-state index is 9.18. The molecule has 3 nitrogen and oxygen atoms in total. The molecule has 0 atom stereocenters. The second-order valence-corrected chi connectivity index (χ2v) is 4.50. The van der Waals surface area contributed by atoms with E-state index in [1.807, 2.05) is 12.3 Å². The van der Waals surface area contributed by atoms with Crippen LogP contribution in [0.15, 0.2) is 18.3 Å². The Morgan fingerprint density at radius 1 is 1.44 bits per heavy atom. The summed E-state index contributed by atoms with van der Waals surface area (Å²) in [5, 5.41) is 9.18. The van der Waals surface area contributed by atoms with Crippen LogP contribution in [0.3, 0.4) is 0 Å². The molecule has 1 fully saturated rings. The molecule has 1 saturated carbocycles. The summed E-state index contributed by atoms with van der Waals surface area (Å²) in [6, 6.07) is 4.62. The van der Waals surface area contributed by atoms with Gasteiger partial charge in [-0.25, -0.2) is 4.98 Å². The fraction of sp³-hybridized carbons (Fsp3) is 0.615. The van der Waals surface area contributed by atoms with E-state index in [1.165, 1.54) is 31.2 Å². The predicted molar refractivity (Wildman–Crippen MR) is 65.7 cm³/mol. The molecule has 0 radical (unpaired) electrons. The molecule has 0 aliphatic heterocycles. The van der Waals surface area contributed by atoms with Crippen molar-refractivity contribution in [2.75, 3.05) is 18.1 Å². The minimum absolute atomic E-state index is 0.201. The minimum atomic E-state index is 0.201. The number of aromatic nitrogens is 1. The summed E-state index contributed by atoms with van der Waals surface area (Å²) in [7, 11) is 0. The highest BCUT2D eigenvalue weighted by Gasteiger charge is 2.23. The van der Waals surface area contributed by atoms with Crippen molar-refractivity contribution < 1.29 is 5.11 Å². The van der Waals surface area contributed by atoms with E-state index in [0.29, 0.717) is 12.6 Å². The molecular formula is C13H20N2O. The Bertz CT molecular complexity index is 334. The first-order chi connectivity index (χ1) is 7.83. The standard InChI is InChI=1S/C13H20N2O/c1-11-5-4-8-14-13(11)15(9-10-16)12-6-2-3-7-12/h4-5,8,12,16H,2-3,6-7,9-10H2,1H3. The van der Waals surface area contributed by atoms with Crippen molar-refractivity contribution in [2.24, 2.45) is 0 Å². The molecule has 0 spiro atoms. The highest BCUT2D eigenvalue weighted by atomic mass is 16.3. The van der Waals surface area contributed by atoms with Crippen LogP contribution >= 0.6 is 0 Å². The van der Waals surface area contributed by atoms with E-state index in [4.69, 9.17) is 0 Å². The van der Waals surface area contributed by atoms with E-state index in [2.05, 4.69) is 22.9 Å². The number of aliphatic hydroxyl groups is 1. The van der Waals surface area contributed by atoms with Gasteiger partial charge in [-0.15, -0.1) is 0 Å². The van der Waals surface area contributed by atoms with Crippen molar-refractivity contribution in [1.29, 1.82) is 0 Å². The van der Waals surface area contributed by atoms with Crippen LogP contribution in [0.4, 0.5) is 5.82 Å². The van der Waals surface area contributed by atoms with Gasteiger partial charge in [-0.1, -0.05) is 18.9 Å². The molecule has 1 heterocycles. The second kappa shape index (κ2) is 5.30. The molecule has 1 aromatic rings. The first-order valence-electron chi connectivity index (χ1n) is 6.12. The quantitative estimate of drug-likeness (QED) is 0.844. The smallest absolute Gasteiger partial charge is 0.131 e. The van der Waals surface area contributed by atoms with Gasteiger partial charge in [-0.2, -0.15) is 0 Å². The Labute approximate surface area is 97.1 Å². The molecule has 2 rings (SSSR count). The van der Waals surface area contributed by atoms with Gasteiger partial charge < -0.3 is 10.0 Å². The number of nitrogens with zero attached hydrogens (tertiary/aromatic N) is 2. The molecule has 1 aliphatic rings. The molecule has 0 bridgehead atoms. The number of hydrogen-bond donors (Lipinski definition) is 1. The van der Waals surface area contributed by atoms with Crippen molar-refractivity contribution in [1.82, 2.24) is 4.98 Å². The highest BCUT2D eigenvalue weighted by Crippen LogP contribution is 2.28. The normalized spacial score (nSPS) is 16.6. The van der Waals surface area contributed by atoms with Crippen LogP contribution < -0.4 is 4.90 Å². The van der Waals surface area contributed by atoms with Gasteiger partial charge in [0.05, 0.1) is 6.61 Å². The minimum Gasteiger partial charge on any atom is -0.395 e. The zero-order valence-electron chi connectivity index (χ0n) is 9.89. The lowest BCUT2D eigenvalue weighted by Gasteiger charge is -2.30. The van der Waals surface area contributed by atoms with Crippen LogP contribution in [0, 0.1) is 6.92 Å². The summed E-state index contributed by atoms with van der Waals surface area (Å²) in [5.41, 5.74) is 1.20. The molecule has 3 heteroatoms. The van der Waals surface area contributed by atoms with E-state index >= 15 is 0 Å². The lowest BCUT2D eigenvalue weighted by Crippen LogP contribution is -2.36. The molecule has 1 N–H and O–H groups in total. The molecule has 1 aliphatic carbocycles. The third-order valence-corrected chi connectivity index (χ3v) is 3.36. The van der Waals surface area contributed by atoms with Gasteiger partial charge in [0.1, 0.15) is 5.82 Å². The molecular weight excluding hydrogens is 200 g/mol. The van der Waals surface area contributed by atoms with E-state index < -0.39 is 0 Å². The van der Waals surface area contributed by atoms with Gasteiger partial charge in [-0.05, 0) is 31.4 Å². The number of hydrogen-bond acceptors (Lipinski definition) is 3. The van der Waals surface area contributed by atoms with Crippen LogP contribution in [0.1, 0.15) is 31.2 Å². The second-order valence-electron chi connectivity index (χ2n) is 4.50. The van der Waals surface area contributed by atoms with Gasteiger partial charge in [0, 0.05) is 18.8 Å². The molecule has 16 heavy (non-hydrogen) atoms. The van der Waals surface area contributed by atoms with Crippen molar-refractivity contribution in [3.05, 3.63) is 23.9 Å². The zero-order valence-corrected chi connectivity index (χ0v) is 9.89. The number of aliphatic hydroxyl groups excluding tert-OH is 1. The fourth-order valence-electron chi connectivity index (χ4n) is 2.56. The summed E-state index contributed by atoms with van der Waals surface area (Å²) in [6.45, 7) is 2.98. The van der Waals surface area contributed by atoms with Crippen LogP contribution in [-0.4, -0.2) is 29.3 Å². The number of aryl methyl sites for hydroxylation is 1. The Hall–Kier alpha value is -1.09. The monoisotopic (exact) mass is 220 g/mol. The Morgan fingerprint density at radius 2 is 2.19 bits per heavy atom. The number of pyridine rings is 1. The van der Waals surface area contributed by atoms with E-state index in [0.717, 1.165) is 5.82 Å². The maximum Gasteiger partial charge on any atom is 0.131 e. The van der Waals surface area contributed by atoms with Crippen LogP contribution in [0.2, 0.25) is 0 Å². The Morgan fingerprint density at radius 3 is 2.81 bits per heavy atom. The van der Waals surface area contributed by atoms with E-state index in [9.17, 15) is 5.11 Å². The molecule has 0 amide bonds. The average Bonchev–Trinajstić information content (AvgIpc) is 2.80. The van der Waals surface area contributed by atoms with Crippen LogP contribution in [-0.2, 0) is 0 Å².